The summed E-state index contributed by atoms with van der Waals surface area (Å²) in [6.07, 6.45) is 6.16. The van der Waals surface area contributed by atoms with Crippen molar-refractivity contribution in [2.45, 2.75) is 43.5 Å². The number of hydrogen-bond acceptors (Lipinski definition) is 4. The number of rotatable bonds is 6. The predicted octanol–water partition coefficient (Wildman–Crippen LogP) is 4.89. The van der Waals surface area contributed by atoms with Crippen LogP contribution in [0.5, 0.6) is 5.75 Å². The summed E-state index contributed by atoms with van der Waals surface area (Å²) in [5, 5.41) is 3.87. The number of benzene rings is 2. The minimum absolute atomic E-state index is 0.0605. The molecule has 0 radical (unpaired) electrons. The lowest BCUT2D eigenvalue weighted by Gasteiger charge is -2.43. The number of hydrogen-bond donors (Lipinski definition) is 1. The quantitative estimate of drug-likeness (QED) is 0.610. The van der Waals surface area contributed by atoms with Crippen LogP contribution in [-0.4, -0.2) is 41.7 Å². The van der Waals surface area contributed by atoms with Gasteiger partial charge < -0.3 is 15.0 Å². The number of nitrogens with zero attached hydrogens (tertiary/aromatic N) is 1. The summed E-state index contributed by atoms with van der Waals surface area (Å²) in [6, 6.07) is 15.2. The molecule has 2 amide bonds. The first kappa shape index (κ1) is 22.7. The highest BCUT2D eigenvalue weighted by atomic mass is 35.5. The maximum Gasteiger partial charge on any atom is 0.261 e. The molecule has 1 saturated carbocycles. The zero-order chi connectivity index (χ0) is 22.5. The van der Waals surface area contributed by atoms with Gasteiger partial charge in [-0.1, -0.05) is 54.8 Å². The molecule has 5 nitrogen and oxygen atoms in total. The first-order valence-electron chi connectivity index (χ1n) is 10.9. The van der Waals surface area contributed by atoms with Gasteiger partial charge >= 0.3 is 0 Å². The average molecular weight is 471 g/mol. The summed E-state index contributed by atoms with van der Waals surface area (Å²) >= 11 is 7.86. The monoisotopic (exact) mass is 470 g/mol. The van der Waals surface area contributed by atoms with Crippen molar-refractivity contribution in [2.75, 3.05) is 13.7 Å². The van der Waals surface area contributed by atoms with Gasteiger partial charge in [-0.25, -0.2) is 0 Å². The van der Waals surface area contributed by atoms with Crippen molar-refractivity contribution in [3.63, 3.8) is 0 Å². The molecule has 4 rings (SSSR count). The maximum absolute atomic E-state index is 13.4. The molecule has 7 heteroatoms. The number of fused-ring (bicyclic) bond motifs is 1. The molecule has 0 bridgehead atoms. The van der Waals surface area contributed by atoms with Crippen molar-refractivity contribution in [1.29, 1.82) is 0 Å². The van der Waals surface area contributed by atoms with Gasteiger partial charge in [-0.15, -0.1) is 11.8 Å². The van der Waals surface area contributed by atoms with Crippen LogP contribution >= 0.6 is 23.4 Å². The van der Waals surface area contributed by atoms with E-state index in [9.17, 15) is 9.59 Å². The second-order valence-corrected chi connectivity index (χ2v) is 9.78. The third kappa shape index (κ3) is 5.30. The molecule has 0 aromatic heterocycles. The van der Waals surface area contributed by atoms with E-state index in [0.29, 0.717) is 21.7 Å². The van der Waals surface area contributed by atoms with E-state index in [1.54, 1.807) is 29.8 Å². The van der Waals surface area contributed by atoms with E-state index in [-0.39, 0.29) is 24.4 Å². The normalized spacial score (nSPS) is 21.9. The average Bonchev–Trinajstić information content (AvgIpc) is 2.81. The Balaban J connectivity index is 1.49. The van der Waals surface area contributed by atoms with Crippen LogP contribution in [0.1, 0.15) is 36.8 Å². The molecule has 1 aliphatic heterocycles. The number of ether oxygens (including phenoxy) is 1. The molecule has 1 heterocycles. The molecule has 0 spiro atoms. The molecule has 2 atom stereocenters. The summed E-state index contributed by atoms with van der Waals surface area (Å²) in [7, 11) is 1.63. The predicted molar refractivity (Wildman–Crippen MR) is 130 cm³/mol. The highest BCUT2D eigenvalue weighted by Crippen LogP contribution is 2.42. The fourth-order valence-corrected chi connectivity index (χ4v) is 5.93. The van der Waals surface area contributed by atoms with Gasteiger partial charge in [0.25, 0.3) is 5.91 Å². The Hall–Kier alpha value is -2.44. The lowest BCUT2D eigenvalue weighted by Crippen LogP contribution is -2.54. The molecular formula is C25H27ClN2O3S. The lowest BCUT2D eigenvalue weighted by molar-refractivity contribution is -0.135. The summed E-state index contributed by atoms with van der Waals surface area (Å²) in [5.41, 5.74) is 1.80. The first-order valence-corrected chi connectivity index (χ1v) is 12.1. The fourth-order valence-electron chi connectivity index (χ4n) is 4.26. The largest absolute Gasteiger partial charge is 0.497 e. The number of thioether (sulfide) groups is 1. The van der Waals surface area contributed by atoms with Crippen molar-refractivity contribution < 1.29 is 14.3 Å². The molecule has 1 saturated heterocycles. The van der Waals surface area contributed by atoms with E-state index in [2.05, 4.69) is 5.32 Å². The van der Waals surface area contributed by atoms with Crippen LogP contribution in [0.4, 0.5) is 0 Å². The maximum atomic E-state index is 13.4. The summed E-state index contributed by atoms with van der Waals surface area (Å²) in [5.74, 6) is 0.541. The van der Waals surface area contributed by atoms with Gasteiger partial charge in [0, 0.05) is 22.9 Å². The molecule has 2 unspecified atom stereocenters. The minimum atomic E-state index is -0.168. The van der Waals surface area contributed by atoms with Crippen LogP contribution in [0.2, 0.25) is 5.02 Å². The van der Waals surface area contributed by atoms with Crippen molar-refractivity contribution in [3.05, 3.63) is 69.6 Å². The van der Waals surface area contributed by atoms with E-state index in [0.717, 1.165) is 42.6 Å². The van der Waals surface area contributed by atoms with E-state index in [4.69, 9.17) is 16.3 Å². The first-order chi connectivity index (χ1) is 15.5. The summed E-state index contributed by atoms with van der Waals surface area (Å²) < 4.78 is 5.22. The van der Waals surface area contributed by atoms with Gasteiger partial charge in [0.05, 0.1) is 12.0 Å². The number of methoxy groups -OCH3 is 1. The fraction of sp³-hybridized carbons (Fsp3) is 0.360. The summed E-state index contributed by atoms with van der Waals surface area (Å²) in [6.45, 7) is 0.406. The molecule has 2 aromatic rings. The second-order valence-electron chi connectivity index (χ2n) is 8.09. The highest BCUT2D eigenvalue weighted by molar-refractivity contribution is 8.04. The van der Waals surface area contributed by atoms with Crippen LogP contribution < -0.4 is 10.1 Å². The Morgan fingerprint density at radius 2 is 1.94 bits per heavy atom. The minimum Gasteiger partial charge on any atom is -0.497 e. The van der Waals surface area contributed by atoms with Crippen LogP contribution in [0.3, 0.4) is 0 Å². The van der Waals surface area contributed by atoms with Crippen molar-refractivity contribution in [3.8, 4) is 5.75 Å². The van der Waals surface area contributed by atoms with Gasteiger partial charge in [0.15, 0.2) is 0 Å². The van der Waals surface area contributed by atoms with Gasteiger partial charge in [-0.3, -0.25) is 9.59 Å². The molecular weight excluding hydrogens is 444 g/mol. The Morgan fingerprint density at radius 1 is 1.19 bits per heavy atom. The van der Waals surface area contributed by atoms with Crippen LogP contribution in [0, 0.1) is 0 Å². The van der Waals surface area contributed by atoms with Gasteiger partial charge in [0.2, 0.25) is 5.91 Å². The van der Waals surface area contributed by atoms with Crippen molar-refractivity contribution in [2.24, 2.45) is 0 Å². The summed E-state index contributed by atoms with van der Waals surface area (Å²) in [4.78, 5) is 28.6. The zero-order valence-electron chi connectivity index (χ0n) is 18.1. The number of amides is 2. The smallest absolute Gasteiger partial charge is 0.261 e. The number of nitrogens with one attached hydrogen (secondary N) is 1. The third-order valence-electron chi connectivity index (χ3n) is 5.98. The van der Waals surface area contributed by atoms with Gasteiger partial charge in [-0.05, 0) is 48.2 Å². The van der Waals surface area contributed by atoms with Crippen molar-refractivity contribution in [1.82, 2.24) is 10.2 Å². The van der Waals surface area contributed by atoms with Crippen LogP contribution in [-0.2, 0) is 16.1 Å². The molecule has 2 fully saturated rings. The van der Waals surface area contributed by atoms with Crippen molar-refractivity contribution >= 4 is 41.3 Å². The number of carbonyl (C=O) groups excluding carboxylic acids is 2. The Kier molecular flexibility index (Phi) is 7.43. The number of halogens is 1. The van der Waals surface area contributed by atoms with E-state index >= 15 is 0 Å². The Morgan fingerprint density at radius 3 is 2.69 bits per heavy atom. The van der Waals surface area contributed by atoms with E-state index in [1.807, 2.05) is 48.5 Å². The Bertz CT molecular complexity index is 1010. The topological polar surface area (TPSA) is 58.6 Å². The van der Waals surface area contributed by atoms with E-state index in [1.165, 1.54) is 0 Å². The third-order valence-corrected chi connectivity index (χ3v) is 7.75. The number of carbonyl (C=O) groups is 2. The van der Waals surface area contributed by atoms with E-state index < -0.39 is 0 Å². The second kappa shape index (κ2) is 10.5. The molecule has 2 aliphatic rings. The van der Waals surface area contributed by atoms with Gasteiger partial charge in [-0.2, -0.15) is 0 Å². The Labute approximate surface area is 198 Å². The molecule has 1 aliphatic carbocycles. The molecule has 32 heavy (non-hydrogen) atoms. The molecule has 168 valence electrons. The van der Waals surface area contributed by atoms with Crippen LogP contribution in [0.25, 0.3) is 6.08 Å². The SMILES string of the molecule is COc1ccc(/C=C2/SC3CCCCC3N(CC(=O)NCc3ccccc3Cl)C2=O)cc1. The molecule has 1 N–H and O–H groups in total. The highest BCUT2D eigenvalue weighted by Gasteiger charge is 2.41. The molecule has 2 aromatic carbocycles. The van der Waals surface area contributed by atoms with Gasteiger partial charge in [0.1, 0.15) is 12.3 Å². The van der Waals surface area contributed by atoms with Crippen LogP contribution in [0.15, 0.2) is 53.4 Å². The lowest BCUT2D eigenvalue weighted by atomic mass is 9.93. The zero-order valence-corrected chi connectivity index (χ0v) is 19.6. The standard InChI is InChI=1S/C25H27ClN2O3S/c1-31-19-12-10-17(11-13-19)14-23-25(30)28(21-8-4-5-9-22(21)32-23)16-24(29)27-15-18-6-2-3-7-20(18)26/h2-3,6-7,10-14,21-22H,4-5,8-9,15-16H2,1H3,(H,27,29)/b23-14+.